The molecule has 0 fully saturated rings. The molecule has 1 aliphatic rings. The standard InChI is InChI=1S/C19H14ClN3O3/c20-13-1-3-14(4-2-13)22-18-9-12(7-8-21-18)19(24)23-15-5-6-16-17(10-15)26-11-25-16/h1-10H,11H2,(H,21,22)(H,23,24). The molecule has 0 bridgehead atoms. The lowest BCUT2D eigenvalue weighted by Crippen LogP contribution is -2.12. The van der Waals surface area contributed by atoms with Gasteiger partial charge >= 0.3 is 0 Å². The number of aromatic nitrogens is 1. The van der Waals surface area contributed by atoms with Gasteiger partial charge in [0.15, 0.2) is 11.5 Å². The molecule has 2 aromatic carbocycles. The number of benzene rings is 2. The molecule has 26 heavy (non-hydrogen) atoms. The minimum atomic E-state index is -0.245. The van der Waals surface area contributed by atoms with Crippen molar-refractivity contribution in [1.82, 2.24) is 4.98 Å². The molecule has 0 spiro atoms. The number of hydrogen-bond acceptors (Lipinski definition) is 5. The van der Waals surface area contributed by atoms with Gasteiger partial charge in [0.05, 0.1) is 0 Å². The van der Waals surface area contributed by atoms with Crippen LogP contribution in [0.15, 0.2) is 60.8 Å². The molecule has 1 aliphatic heterocycles. The summed E-state index contributed by atoms with van der Waals surface area (Å²) in [6, 6.07) is 15.8. The van der Waals surface area contributed by atoms with E-state index >= 15 is 0 Å². The second kappa shape index (κ2) is 6.93. The highest BCUT2D eigenvalue weighted by molar-refractivity contribution is 6.30. The number of nitrogens with one attached hydrogen (secondary N) is 2. The molecule has 7 heteroatoms. The van der Waals surface area contributed by atoms with Crippen molar-refractivity contribution in [2.24, 2.45) is 0 Å². The number of ether oxygens (including phenoxy) is 2. The highest BCUT2D eigenvalue weighted by Crippen LogP contribution is 2.34. The van der Waals surface area contributed by atoms with Gasteiger partial charge in [-0.15, -0.1) is 0 Å². The topological polar surface area (TPSA) is 72.5 Å². The van der Waals surface area contributed by atoms with E-state index in [0.29, 0.717) is 33.6 Å². The molecule has 130 valence electrons. The molecule has 0 radical (unpaired) electrons. The lowest BCUT2D eigenvalue weighted by atomic mass is 10.2. The van der Waals surface area contributed by atoms with Gasteiger partial charge in [-0.25, -0.2) is 4.98 Å². The lowest BCUT2D eigenvalue weighted by molar-refractivity contribution is 0.102. The summed E-state index contributed by atoms with van der Waals surface area (Å²) in [4.78, 5) is 16.7. The summed E-state index contributed by atoms with van der Waals surface area (Å²) in [6.07, 6.45) is 1.58. The van der Waals surface area contributed by atoms with Crippen LogP contribution in [-0.4, -0.2) is 17.7 Å². The Bertz CT molecular complexity index is 960. The Labute approximate surface area is 154 Å². The first-order valence-electron chi connectivity index (χ1n) is 7.87. The van der Waals surface area contributed by atoms with Crippen molar-refractivity contribution < 1.29 is 14.3 Å². The van der Waals surface area contributed by atoms with Crippen molar-refractivity contribution in [3.8, 4) is 11.5 Å². The van der Waals surface area contributed by atoms with E-state index in [1.807, 2.05) is 12.1 Å². The van der Waals surface area contributed by atoms with Crippen molar-refractivity contribution in [3.05, 3.63) is 71.4 Å². The molecular formula is C19H14ClN3O3. The zero-order chi connectivity index (χ0) is 17.9. The average Bonchev–Trinajstić information content (AvgIpc) is 3.12. The van der Waals surface area contributed by atoms with E-state index in [0.717, 1.165) is 5.69 Å². The van der Waals surface area contributed by atoms with E-state index in [4.69, 9.17) is 21.1 Å². The molecule has 1 amide bonds. The van der Waals surface area contributed by atoms with Crippen LogP contribution in [0.2, 0.25) is 5.02 Å². The van der Waals surface area contributed by atoms with Crippen LogP contribution in [0.5, 0.6) is 11.5 Å². The van der Waals surface area contributed by atoms with Crippen LogP contribution in [0, 0.1) is 0 Å². The van der Waals surface area contributed by atoms with E-state index in [-0.39, 0.29) is 12.7 Å². The summed E-state index contributed by atoms with van der Waals surface area (Å²) in [7, 11) is 0. The summed E-state index contributed by atoms with van der Waals surface area (Å²) < 4.78 is 10.6. The Balaban J connectivity index is 1.48. The number of carbonyl (C=O) groups excluding carboxylic acids is 1. The second-order valence-corrected chi connectivity index (χ2v) is 6.02. The fourth-order valence-corrected chi connectivity index (χ4v) is 2.62. The van der Waals surface area contributed by atoms with Gasteiger partial charge in [0.2, 0.25) is 6.79 Å². The number of pyridine rings is 1. The van der Waals surface area contributed by atoms with Crippen molar-refractivity contribution in [3.63, 3.8) is 0 Å². The number of fused-ring (bicyclic) bond motifs is 1. The normalized spacial score (nSPS) is 11.9. The first-order chi connectivity index (χ1) is 12.7. The molecule has 2 N–H and O–H groups in total. The maximum Gasteiger partial charge on any atom is 0.255 e. The van der Waals surface area contributed by atoms with Gasteiger partial charge in [-0.2, -0.15) is 0 Å². The molecule has 1 aromatic heterocycles. The number of carbonyl (C=O) groups is 1. The molecule has 0 atom stereocenters. The van der Waals surface area contributed by atoms with Crippen molar-refractivity contribution in [2.45, 2.75) is 0 Å². The van der Waals surface area contributed by atoms with E-state index < -0.39 is 0 Å². The number of halogens is 1. The van der Waals surface area contributed by atoms with Gasteiger partial charge in [0, 0.05) is 34.2 Å². The van der Waals surface area contributed by atoms with Gasteiger partial charge in [-0.1, -0.05) is 11.6 Å². The number of nitrogens with zero attached hydrogens (tertiary/aromatic N) is 1. The van der Waals surface area contributed by atoms with Gasteiger partial charge in [0.25, 0.3) is 5.91 Å². The third-order valence-electron chi connectivity index (χ3n) is 3.77. The van der Waals surface area contributed by atoms with Crippen molar-refractivity contribution in [1.29, 1.82) is 0 Å². The first kappa shape index (κ1) is 16.2. The first-order valence-corrected chi connectivity index (χ1v) is 8.25. The fourth-order valence-electron chi connectivity index (χ4n) is 2.50. The molecule has 2 heterocycles. The number of anilines is 3. The SMILES string of the molecule is O=C(Nc1ccc2c(c1)OCO2)c1ccnc(Nc2ccc(Cl)cc2)c1. The van der Waals surface area contributed by atoms with Crippen LogP contribution in [0.4, 0.5) is 17.2 Å². The summed E-state index contributed by atoms with van der Waals surface area (Å²) in [5.74, 6) is 1.60. The highest BCUT2D eigenvalue weighted by atomic mass is 35.5. The van der Waals surface area contributed by atoms with Gasteiger partial charge in [-0.3, -0.25) is 4.79 Å². The maximum atomic E-state index is 12.5. The number of rotatable bonds is 4. The predicted molar refractivity (Wildman–Crippen MR) is 99.5 cm³/mol. The van der Waals surface area contributed by atoms with E-state index in [1.165, 1.54) is 0 Å². The van der Waals surface area contributed by atoms with Gasteiger partial charge in [0.1, 0.15) is 5.82 Å². The molecule has 0 unspecified atom stereocenters. The third kappa shape index (κ3) is 3.55. The van der Waals surface area contributed by atoms with Crippen LogP contribution in [0.25, 0.3) is 0 Å². The summed E-state index contributed by atoms with van der Waals surface area (Å²) in [6.45, 7) is 0.191. The van der Waals surface area contributed by atoms with Crippen molar-refractivity contribution >= 4 is 34.7 Å². The van der Waals surface area contributed by atoms with Crippen LogP contribution in [0.3, 0.4) is 0 Å². The second-order valence-electron chi connectivity index (χ2n) is 5.58. The Morgan fingerprint density at radius 2 is 1.73 bits per heavy atom. The molecular weight excluding hydrogens is 354 g/mol. The maximum absolute atomic E-state index is 12.5. The van der Waals surface area contributed by atoms with Crippen molar-refractivity contribution in [2.75, 3.05) is 17.4 Å². The van der Waals surface area contributed by atoms with Crippen LogP contribution in [-0.2, 0) is 0 Å². The predicted octanol–water partition coefficient (Wildman–Crippen LogP) is 4.46. The molecule has 0 aliphatic carbocycles. The van der Waals surface area contributed by atoms with Gasteiger partial charge < -0.3 is 20.1 Å². The van der Waals surface area contributed by atoms with Crippen LogP contribution >= 0.6 is 11.6 Å². The summed E-state index contributed by atoms with van der Waals surface area (Å²) in [5, 5.41) is 6.63. The summed E-state index contributed by atoms with van der Waals surface area (Å²) >= 11 is 5.88. The molecule has 0 saturated heterocycles. The molecule has 0 saturated carbocycles. The Hall–Kier alpha value is -3.25. The molecule has 6 nitrogen and oxygen atoms in total. The Kier molecular flexibility index (Phi) is 4.33. The highest BCUT2D eigenvalue weighted by Gasteiger charge is 2.15. The zero-order valence-corrected chi connectivity index (χ0v) is 14.3. The number of hydrogen-bond donors (Lipinski definition) is 2. The average molecular weight is 368 g/mol. The monoisotopic (exact) mass is 367 g/mol. The number of amides is 1. The minimum Gasteiger partial charge on any atom is -0.454 e. The molecule has 4 rings (SSSR count). The van der Waals surface area contributed by atoms with E-state index in [1.54, 1.807) is 48.7 Å². The third-order valence-corrected chi connectivity index (χ3v) is 4.02. The zero-order valence-electron chi connectivity index (χ0n) is 13.5. The van der Waals surface area contributed by atoms with Crippen LogP contribution < -0.4 is 20.1 Å². The summed E-state index contributed by atoms with van der Waals surface area (Å²) in [5.41, 5.74) is 1.94. The molecule has 3 aromatic rings. The fraction of sp³-hybridized carbons (Fsp3) is 0.0526. The lowest BCUT2D eigenvalue weighted by Gasteiger charge is -2.09. The van der Waals surface area contributed by atoms with Crippen LogP contribution in [0.1, 0.15) is 10.4 Å². The minimum absolute atomic E-state index is 0.191. The van der Waals surface area contributed by atoms with E-state index in [2.05, 4.69) is 15.6 Å². The van der Waals surface area contributed by atoms with E-state index in [9.17, 15) is 4.79 Å². The smallest absolute Gasteiger partial charge is 0.255 e. The Morgan fingerprint density at radius 3 is 2.58 bits per heavy atom. The Morgan fingerprint density at radius 1 is 0.962 bits per heavy atom. The largest absolute Gasteiger partial charge is 0.454 e. The van der Waals surface area contributed by atoms with Gasteiger partial charge in [-0.05, 0) is 48.5 Å². The quantitative estimate of drug-likeness (QED) is 0.712.